The molecule has 1 heterocycles. The molecule has 2 rings (SSSR count). The summed E-state index contributed by atoms with van der Waals surface area (Å²) < 4.78 is 5.53. The lowest BCUT2D eigenvalue weighted by Crippen LogP contribution is -2.12. The molecule has 0 saturated carbocycles. The predicted molar refractivity (Wildman–Crippen MR) is 64.1 cm³/mol. The van der Waals surface area contributed by atoms with Crippen LogP contribution < -0.4 is 5.73 Å². The number of hydrogen-bond acceptors (Lipinski definition) is 2. The van der Waals surface area contributed by atoms with Gasteiger partial charge in [0.25, 0.3) is 0 Å². The van der Waals surface area contributed by atoms with E-state index in [-0.39, 0.29) is 5.41 Å². The Labute approximate surface area is 90.1 Å². The summed E-state index contributed by atoms with van der Waals surface area (Å²) >= 11 is 0. The highest BCUT2D eigenvalue weighted by molar-refractivity contribution is 5.93. The van der Waals surface area contributed by atoms with Gasteiger partial charge >= 0.3 is 0 Å². The molecule has 1 aromatic heterocycles. The van der Waals surface area contributed by atoms with Crippen LogP contribution in [0.2, 0.25) is 0 Å². The zero-order valence-corrected chi connectivity index (χ0v) is 9.72. The van der Waals surface area contributed by atoms with Crippen molar-refractivity contribution in [2.75, 3.05) is 5.73 Å². The monoisotopic (exact) mass is 203 g/mol. The Kier molecular flexibility index (Phi) is 2.03. The summed E-state index contributed by atoms with van der Waals surface area (Å²) in [6, 6.07) is 4.06. The quantitative estimate of drug-likeness (QED) is 0.664. The van der Waals surface area contributed by atoms with Gasteiger partial charge in [0.1, 0.15) is 5.58 Å². The number of anilines is 1. The van der Waals surface area contributed by atoms with E-state index in [4.69, 9.17) is 10.2 Å². The van der Waals surface area contributed by atoms with Gasteiger partial charge in [-0.25, -0.2) is 0 Å². The SMILES string of the molecule is Cc1cc(C(C)(C)C)c2occc2c1N. The summed E-state index contributed by atoms with van der Waals surface area (Å²) in [6.45, 7) is 8.58. The minimum absolute atomic E-state index is 0.0779. The highest BCUT2D eigenvalue weighted by Gasteiger charge is 2.20. The topological polar surface area (TPSA) is 39.2 Å². The van der Waals surface area contributed by atoms with E-state index < -0.39 is 0 Å². The number of furan rings is 1. The minimum atomic E-state index is 0.0779. The van der Waals surface area contributed by atoms with Gasteiger partial charge in [-0.15, -0.1) is 0 Å². The first-order valence-electron chi connectivity index (χ1n) is 5.18. The molecular formula is C13H17NO. The molecule has 2 nitrogen and oxygen atoms in total. The van der Waals surface area contributed by atoms with Crippen LogP contribution in [0, 0.1) is 6.92 Å². The van der Waals surface area contributed by atoms with E-state index in [2.05, 4.69) is 26.8 Å². The highest BCUT2D eigenvalue weighted by Crippen LogP contribution is 2.35. The first-order valence-corrected chi connectivity index (χ1v) is 5.18. The third kappa shape index (κ3) is 1.50. The fraction of sp³-hybridized carbons (Fsp3) is 0.385. The van der Waals surface area contributed by atoms with Crippen molar-refractivity contribution in [2.45, 2.75) is 33.1 Å². The van der Waals surface area contributed by atoms with Gasteiger partial charge in [0.05, 0.1) is 6.26 Å². The maximum atomic E-state index is 6.01. The fourth-order valence-corrected chi connectivity index (χ4v) is 1.86. The first-order chi connectivity index (χ1) is 6.91. The third-order valence-corrected chi connectivity index (χ3v) is 2.79. The van der Waals surface area contributed by atoms with Crippen LogP contribution in [0.25, 0.3) is 11.0 Å². The van der Waals surface area contributed by atoms with Crippen LogP contribution in [0.1, 0.15) is 31.9 Å². The minimum Gasteiger partial charge on any atom is -0.464 e. The molecule has 1 aromatic carbocycles. The van der Waals surface area contributed by atoms with Crippen molar-refractivity contribution in [3.63, 3.8) is 0 Å². The van der Waals surface area contributed by atoms with Gasteiger partial charge in [0.15, 0.2) is 0 Å². The Morgan fingerprint density at radius 2 is 1.93 bits per heavy atom. The summed E-state index contributed by atoms with van der Waals surface area (Å²) in [5.41, 5.74) is 10.2. The molecule has 80 valence electrons. The number of fused-ring (bicyclic) bond motifs is 1. The van der Waals surface area contributed by atoms with Gasteiger partial charge in [-0.1, -0.05) is 20.8 Å². The zero-order chi connectivity index (χ0) is 11.2. The maximum Gasteiger partial charge on any atom is 0.139 e. The molecule has 0 radical (unpaired) electrons. The smallest absolute Gasteiger partial charge is 0.139 e. The summed E-state index contributed by atoms with van der Waals surface area (Å²) in [4.78, 5) is 0. The number of benzene rings is 1. The number of aryl methyl sites for hydroxylation is 1. The number of hydrogen-bond donors (Lipinski definition) is 1. The van der Waals surface area contributed by atoms with Crippen LogP contribution in [-0.4, -0.2) is 0 Å². The van der Waals surface area contributed by atoms with E-state index in [1.807, 2.05) is 13.0 Å². The van der Waals surface area contributed by atoms with Crippen molar-refractivity contribution in [3.8, 4) is 0 Å². The molecule has 2 aromatic rings. The molecule has 0 aliphatic heterocycles. The van der Waals surface area contributed by atoms with Gasteiger partial charge in [0, 0.05) is 16.6 Å². The lowest BCUT2D eigenvalue weighted by atomic mass is 9.84. The Morgan fingerprint density at radius 3 is 2.53 bits per heavy atom. The molecule has 2 heteroatoms. The van der Waals surface area contributed by atoms with Crippen LogP contribution in [-0.2, 0) is 5.41 Å². The lowest BCUT2D eigenvalue weighted by Gasteiger charge is -2.20. The molecule has 0 saturated heterocycles. The van der Waals surface area contributed by atoms with Crippen molar-refractivity contribution < 1.29 is 4.42 Å². The van der Waals surface area contributed by atoms with E-state index in [1.54, 1.807) is 6.26 Å². The standard InChI is InChI=1S/C13H17NO/c1-8-7-10(13(2,3)4)12-9(11(8)14)5-6-15-12/h5-7H,14H2,1-4H3. The molecule has 0 unspecified atom stereocenters. The largest absolute Gasteiger partial charge is 0.464 e. The molecule has 0 bridgehead atoms. The number of nitrogen functional groups attached to an aromatic ring is 1. The second-order valence-corrected chi connectivity index (χ2v) is 5.07. The van der Waals surface area contributed by atoms with Crippen LogP contribution in [0.5, 0.6) is 0 Å². The Hall–Kier alpha value is -1.44. The molecule has 2 N–H and O–H groups in total. The van der Waals surface area contributed by atoms with Gasteiger partial charge in [0.2, 0.25) is 0 Å². The maximum absolute atomic E-state index is 6.01. The van der Waals surface area contributed by atoms with E-state index in [0.717, 1.165) is 22.2 Å². The molecule has 0 aliphatic carbocycles. The average Bonchev–Trinajstić information content (AvgIpc) is 2.57. The Bertz CT molecular complexity index is 503. The van der Waals surface area contributed by atoms with Gasteiger partial charge < -0.3 is 10.2 Å². The van der Waals surface area contributed by atoms with E-state index in [9.17, 15) is 0 Å². The Morgan fingerprint density at radius 1 is 1.27 bits per heavy atom. The normalized spacial score (nSPS) is 12.3. The van der Waals surface area contributed by atoms with E-state index in [1.165, 1.54) is 5.56 Å². The van der Waals surface area contributed by atoms with Crippen molar-refractivity contribution >= 4 is 16.7 Å². The van der Waals surface area contributed by atoms with Crippen LogP contribution >= 0.6 is 0 Å². The molecule has 15 heavy (non-hydrogen) atoms. The molecule has 0 spiro atoms. The number of rotatable bonds is 0. The van der Waals surface area contributed by atoms with Gasteiger partial charge in [-0.3, -0.25) is 0 Å². The van der Waals surface area contributed by atoms with Crippen LogP contribution in [0.15, 0.2) is 22.8 Å². The van der Waals surface area contributed by atoms with Crippen molar-refractivity contribution in [1.29, 1.82) is 0 Å². The number of nitrogens with two attached hydrogens (primary N) is 1. The third-order valence-electron chi connectivity index (χ3n) is 2.79. The van der Waals surface area contributed by atoms with Crippen molar-refractivity contribution in [1.82, 2.24) is 0 Å². The fourth-order valence-electron chi connectivity index (χ4n) is 1.86. The zero-order valence-electron chi connectivity index (χ0n) is 9.72. The molecule has 0 atom stereocenters. The van der Waals surface area contributed by atoms with Crippen LogP contribution in [0.3, 0.4) is 0 Å². The summed E-state index contributed by atoms with van der Waals surface area (Å²) in [6.07, 6.45) is 1.70. The summed E-state index contributed by atoms with van der Waals surface area (Å²) in [7, 11) is 0. The van der Waals surface area contributed by atoms with Gasteiger partial charge in [-0.2, -0.15) is 0 Å². The molecular weight excluding hydrogens is 186 g/mol. The van der Waals surface area contributed by atoms with Crippen molar-refractivity contribution in [2.24, 2.45) is 0 Å². The van der Waals surface area contributed by atoms with Crippen molar-refractivity contribution in [3.05, 3.63) is 29.5 Å². The Balaban J connectivity index is 2.86. The lowest BCUT2D eigenvalue weighted by molar-refractivity contribution is 0.558. The van der Waals surface area contributed by atoms with E-state index in [0.29, 0.717) is 0 Å². The second-order valence-electron chi connectivity index (χ2n) is 5.07. The second kappa shape index (κ2) is 3.02. The van der Waals surface area contributed by atoms with E-state index >= 15 is 0 Å². The molecule has 0 aliphatic rings. The first kappa shape index (κ1) is 10.1. The average molecular weight is 203 g/mol. The highest BCUT2D eigenvalue weighted by atomic mass is 16.3. The van der Waals surface area contributed by atoms with Gasteiger partial charge in [-0.05, 0) is 30.0 Å². The summed E-state index contributed by atoms with van der Waals surface area (Å²) in [5, 5.41) is 1.03. The van der Waals surface area contributed by atoms with Crippen LogP contribution in [0.4, 0.5) is 5.69 Å². The molecule has 0 amide bonds. The predicted octanol–water partition coefficient (Wildman–Crippen LogP) is 3.62. The summed E-state index contributed by atoms with van der Waals surface area (Å²) in [5.74, 6) is 0. The molecule has 0 fully saturated rings.